The van der Waals surface area contributed by atoms with E-state index < -0.39 is 22.3 Å². The van der Waals surface area contributed by atoms with Crippen molar-refractivity contribution in [1.82, 2.24) is 5.32 Å². The molecule has 0 bridgehead atoms. The quantitative estimate of drug-likeness (QED) is 0.351. The van der Waals surface area contributed by atoms with Crippen LogP contribution in [-0.4, -0.2) is 22.5 Å². The minimum Gasteiger partial charge on any atom is -0.502 e. The Hall–Kier alpha value is -2.37. The summed E-state index contributed by atoms with van der Waals surface area (Å²) in [5.41, 5.74) is -0.593. The number of phenols is 1. The van der Waals surface area contributed by atoms with E-state index in [0.29, 0.717) is 13.0 Å². The molecule has 1 rings (SSSR count). The van der Waals surface area contributed by atoms with Crippen molar-refractivity contribution in [1.29, 1.82) is 0 Å². The number of phenolic OH excluding ortho intramolecular Hbond substituents is 1. The van der Waals surface area contributed by atoms with Crippen LogP contribution in [0.25, 0.3) is 0 Å². The lowest BCUT2D eigenvalue weighted by atomic mass is 10.1. The highest BCUT2D eigenvalue weighted by Gasteiger charge is 2.20. The molecule has 1 aromatic rings. The molecule has 0 aromatic heterocycles. The smallest absolute Gasteiger partial charge is 0.311 e. The minimum absolute atomic E-state index is 0.108. The summed E-state index contributed by atoms with van der Waals surface area (Å²) in [5, 5.41) is 22.6. The number of aromatic hydroxyl groups is 1. The average molecular weight is 236 g/mol. The third-order valence-electron chi connectivity index (χ3n) is 2.09. The van der Waals surface area contributed by atoms with E-state index in [0.717, 1.165) is 6.07 Å². The van der Waals surface area contributed by atoms with Crippen molar-refractivity contribution in [2.24, 2.45) is 0 Å². The topological polar surface area (TPSA) is 92.5 Å². The zero-order chi connectivity index (χ0) is 12.8. The standard InChI is InChI=1S/C11H12N2O4/c1-2-3-7-12-11(15)8-5-4-6-9(10(8)14)13(16)17/h2,4-6,14H,1,3,7H2,(H,12,15). The molecule has 0 aliphatic heterocycles. The predicted octanol–water partition coefficient (Wildman–Crippen LogP) is 1.61. The van der Waals surface area contributed by atoms with Gasteiger partial charge in [-0.15, -0.1) is 6.58 Å². The number of amides is 1. The normalized spacial score (nSPS) is 9.65. The van der Waals surface area contributed by atoms with Gasteiger partial charge in [0.1, 0.15) is 0 Å². The molecule has 0 aliphatic rings. The monoisotopic (exact) mass is 236 g/mol. The van der Waals surface area contributed by atoms with Crippen LogP contribution < -0.4 is 5.32 Å². The van der Waals surface area contributed by atoms with Gasteiger partial charge in [0.2, 0.25) is 5.75 Å². The summed E-state index contributed by atoms with van der Waals surface area (Å²) in [6.45, 7) is 3.86. The van der Waals surface area contributed by atoms with Crippen molar-refractivity contribution in [3.8, 4) is 5.75 Å². The SMILES string of the molecule is C=CCCNC(=O)c1cccc([N+](=O)[O-])c1O. The van der Waals surface area contributed by atoms with Crippen LogP contribution in [0, 0.1) is 10.1 Å². The van der Waals surface area contributed by atoms with Crippen molar-refractivity contribution in [3.05, 3.63) is 46.5 Å². The number of carbonyl (C=O) groups is 1. The zero-order valence-corrected chi connectivity index (χ0v) is 9.05. The Morgan fingerprint density at radius 3 is 2.88 bits per heavy atom. The molecule has 90 valence electrons. The maximum Gasteiger partial charge on any atom is 0.311 e. The molecule has 0 heterocycles. The van der Waals surface area contributed by atoms with Crippen LogP contribution in [0.1, 0.15) is 16.8 Å². The molecule has 1 aromatic carbocycles. The van der Waals surface area contributed by atoms with Gasteiger partial charge in [0.15, 0.2) is 0 Å². The van der Waals surface area contributed by atoms with E-state index >= 15 is 0 Å². The summed E-state index contributed by atoms with van der Waals surface area (Å²) in [7, 11) is 0. The minimum atomic E-state index is -0.740. The molecule has 0 fully saturated rings. The molecule has 0 saturated heterocycles. The molecule has 0 radical (unpaired) electrons. The van der Waals surface area contributed by atoms with E-state index in [1.54, 1.807) is 6.08 Å². The second-order valence-corrected chi connectivity index (χ2v) is 3.26. The third-order valence-corrected chi connectivity index (χ3v) is 2.09. The Morgan fingerprint density at radius 1 is 1.59 bits per heavy atom. The fourth-order valence-electron chi connectivity index (χ4n) is 1.24. The second kappa shape index (κ2) is 5.64. The summed E-state index contributed by atoms with van der Waals surface area (Å²) in [5.74, 6) is -1.17. The maximum atomic E-state index is 11.6. The van der Waals surface area contributed by atoms with E-state index in [4.69, 9.17) is 0 Å². The maximum absolute atomic E-state index is 11.6. The molecule has 0 unspecified atom stereocenters. The summed E-state index contributed by atoms with van der Waals surface area (Å²) in [6.07, 6.45) is 2.22. The number of nitrogens with one attached hydrogen (secondary N) is 1. The van der Waals surface area contributed by atoms with Crippen LogP contribution >= 0.6 is 0 Å². The molecule has 6 heteroatoms. The van der Waals surface area contributed by atoms with Crippen LogP contribution in [-0.2, 0) is 0 Å². The molecular formula is C11H12N2O4. The van der Waals surface area contributed by atoms with Crippen LogP contribution in [0.15, 0.2) is 30.9 Å². The first-order chi connectivity index (χ1) is 8.07. The highest BCUT2D eigenvalue weighted by atomic mass is 16.6. The van der Waals surface area contributed by atoms with Gasteiger partial charge in [0.25, 0.3) is 5.91 Å². The van der Waals surface area contributed by atoms with Crippen molar-refractivity contribution in [2.45, 2.75) is 6.42 Å². The van der Waals surface area contributed by atoms with Gasteiger partial charge in [-0.3, -0.25) is 14.9 Å². The van der Waals surface area contributed by atoms with Crippen molar-refractivity contribution < 1.29 is 14.8 Å². The molecular weight excluding hydrogens is 224 g/mol. The van der Waals surface area contributed by atoms with Crippen molar-refractivity contribution >= 4 is 11.6 Å². The van der Waals surface area contributed by atoms with Gasteiger partial charge in [-0.2, -0.15) is 0 Å². The van der Waals surface area contributed by atoms with E-state index in [1.165, 1.54) is 12.1 Å². The number of hydrogen-bond acceptors (Lipinski definition) is 4. The van der Waals surface area contributed by atoms with Gasteiger partial charge >= 0.3 is 5.69 Å². The van der Waals surface area contributed by atoms with Gasteiger partial charge < -0.3 is 10.4 Å². The number of benzene rings is 1. The van der Waals surface area contributed by atoms with E-state index in [2.05, 4.69) is 11.9 Å². The Morgan fingerprint density at radius 2 is 2.29 bits per heavy atom. The molecule has 0 spiro atoms. The largest absolute Gasteiger partial charge is 0.502 e. The third kappa shape index (κ3) is 3.04. The second-order valence-electron chi connectivity index (χ2n) is 3.26. The Balaban J connectivity index is 2.90. The van der Waals surface area contributed by atoms with Gasteiger partial charge in [0.05, 0.1) is 10.5 Å². The Bertz CT molecular complexity index is 457. The van der Waals surface area contributed by atoms with Crippen molar-refractivity contribution in [3.63, 3.8) is 0 Å². The number of para-hydroxylation sites is 1. The van der Waals surface area contributed by atoms with Crippen LogP contribution in [0.4, 0.5) is 5.69 Å². The van der Waals surface area contributed by atoms with Crippen LogP contribution in [0.2, 0.25) is 0 Å². The summed E-state index contributed by atoms with van der Waals surface area (Å²) in [6, 6.07) is 3.81. The van der Waals surface area contributed by atoms with Crippen LogP contribution in [0.3, 0.4) is 0 Å². The predicted molar refractivity (Wildman–Crippen MR) is 61.9 cm³/mol. The molecule has 6 nitrogen and oxygen atoms in total. The number of nitrogens with zero attached hydrogens (tertiary/aromatic N) is 1. The van der Waals surface area contributed by atoms with E-state index in [1.807, 2.05) is 0 Å². The lowest BCUT2D eigenvalue weighted by molar-refractivity contribution is -0.385. The summed E-state index contributed by atoms with van der Waals surface area (Å²) < 4.78 is 0. The summed E-state index contributed by atoms with van der Waals surface area (Å²) in [4.78, 5) is 21.4. The van der Waals surface area contributed by atoms with Gasteiger partial charge in [0, 0.05) is 12.6 Å². The fraction of sp³-hybridized carbons (Fsp3) is 0.182. The first-order valence-electron chi connectivity index (χ1n) is 4.93. The number of nitro benzene ring substituents is 1. The highest BCUT2D eigenvalue weighted by Crippen LogP contribution is 2.28. The number of hydrogen-bond donors (Lipinski definition) is 2. The zero-order valence-electron chi connectivity index (χ0n) is 9.05. The molecule has 1 amide bonds. The van der Waals surface area contributed by atoms with E-state index in [-0.39, 0.29) is 5.56 Å². The lowest BCUT2D eigenvalue weighted by Crippen LogP contribution is -2.24. The molecule has 0 atom stereocenters. The highest BCUT2D eigenvalue weighted by molar-refractivity contribution is 5.98. The molecule has 0 aliphatic carbocycles. The van der Waals surface area contributed by atoms with E-state index in [9.17, 15) is 20.0 Å². The number of carbonyl (C=O) groups excluding carboxylic acids is 1. The lowest BCUT2D eigenvalue weighted by Gasteiger charge is -2.05. The number of rotatable bonds is 5. The molecule has 17 heavy (non-hydrogen) atoms. The summed E-state index contributed by atoms with van der Waals surface area (Å²) >= 11 is 0. The Kier molecular flexibility index (Phi) is 4.21. The first kappa shape index (κ1) is 12.7. The van der Waals surface area contributed by atoms with Gasteiger partial charge in [-0.1, -0.05) is 12.1 Å². The molecule has 0 saturated carbocycles. The van der Waals surface area contributed by atoms with Gasteiger partial charge in [-0.05, 0) is 12.5 Å². The van der Waals surface area contributed by atoms with Crippen molar-refractivity contribution in [2.75, 3.05) is 6.54 Å². The van der Waals surface area contributed by atoms with Gasteiger partial charge in [-0.25, -0.2) is 0 Å². The first-order valence-corrected chi connectivity index (χ1v) is 4.93. The van der Waals surface area contributed by atoms with Crippen LogP contribution in [0.5, 0.6) is 5.75 Å². The fourth-order valence-corrected chi connectivity index (χ4v) is 1.24. The average Bonchev–Trinajstić information content (AvgIpc) is 2.29. The molecule has 2 N–H and O–H groups in total. The Labute approximate surface area is 97.7 Å². The number of nitro groups is 1.